The van der Waals surface area contributed by atoms with Crippen molar-refractivity contribution in [3.8, 4) is 0 Å². The van der Waals surface area contributed by atoms with Crippen LogP contribution in [0.25, 0.3) is 0 Å². The third kappa shape index (κ3) is 2.81. The highest BCUT2D eigenvalue weighted by atomic mass is 79.9. The third-order valence-corrected chi connectivity index (χ3v) is 5.50. The predicted molar refractivity (Wildman–Crippen MR) is 83.9 cm³/mol. The van der Waals surface area contributed by atoms with Crippen molar-refractivity contribution < 1.29 is 0 Å². The molecular weight excluding hydrogens is 300 g/mol. The molecule has 0 amide bonds. The zero-order valence-electron chi connectivity index (χ0n) is 11.7. The Hall–Kier alpha value is -0.570. The van der Waals surface area contributed by atoms with Crippen LogP contribution in [0.5, 0.6) is 0 Å². The highest BCUT2D eigenvalue weighted by Crippen LogP contribution is 2.37. The summed E-state index contributed by atoms with van der Waals surface area (Å²) in [6.45, 7) is 4.62. The second-order valence-electron chi connectivity index (χ2n) is 6.16. The van der Waals surface area contributed by atoms with E-state index >= 15 is 0 Å². The minimum absolute atomic E-state index is 0.895. The van der Waals surface area contributed by atoms with E-state index in [0.717, 1.165) is 17.2 Å². The summed E-state index contributed by atoms with van der Waals surface area (Å²) >= 11 is 3.50. The van der Waals surface area contributed by atoms with E-state index < -0.39 is 0 Å². The van der Waals surface area contributed by atoms with Crippen LogP contribution < -0.4 is 4.90 Å². The van der Waals surface area contributed by atoms with Crippen LogP contribution in [-0.4, -0.2) is 18.1 Å². The SMILES string of the molecule is Cc1cc(CBr)cnc1N1CCC2CCCCC2C1. The van der Waals surface area contributed by atoms with Crippen molar-refractivity contribution in [3.63, 3.8) is 0 Å². The maximum absolute atomic E-state index is 4.71. The minimum atomic E-state index is 0.895. The van der Waals surface area contributed by atoms with E-state index in [9.17, 15) is 0 Å². The summed E-state index contributed by atoms with van der Waals surface area (Å²) in [7, 11) is 0. The van der Waals surface area contributed by atoms with E-state index in [1.54, 1.807) is 0 Å². The summed E-state index contributed by atoms with van der Waals surface area (Å²) < 4.78 is 0. The van der Waals surface area contributed by atoms with Crippen LogP contribution in [0.1, 0.15) is 43.2 Å². The fourth-order valence-electron chi connectivity index (χ4n) is 3.82. The van der Waals surface area contributed by atoms with E-state index in [-0.39, 0.29) is 0 Å². The van der Waals surface area contributed by atoms with Crippen LogP contribution in [0, 0.1) is 18.8 Å². The van der Waals surface area contributed by atoms with E-state index in [4.69, 9.17) is 4.98 Å². The van der Waals surface area contributed by atoms with Gasteiger partial charge in [0.25, 0.3) is 0 Å². The van der Waals surface area contributed by atoms with Crippen molar-refractivity contribution in [2.75, 3.05) is 18.0 Å². The Labute approximate surface area is 124 Å². The first-order chi connectivity index (χ1) is 9.28. The number of pyridine rings is 1. The lowest BCUT2D eigenvalue weighted by molar-refractivity contribution is 0.202. The monoisotopic (exact) mass is 322 g/mol. The van der Waals surface area contributed by atoms with Crippen molar-refractivity contribution in [2.45, 2.75) is 44.4 Å². The molecule has 3 heteroatoms. The summed E-state index contributed by atoms with van der Waals surface area (Å²) in [5.74, 6) is 3.13. The van der Waals surface area contributed by atoms with Crippen molar-refractivity contribution in [1.29, 1.82) is 0 Å². The maximum Gasteiger partial charge on any atom is 0.131 e. The zero-order valence-corrected chi connectivity index (χ0v) is 13.3. The summed E-state index contributed by atoms with van der Waals surface area (Å²) in [5.41, 5.74) is 2.60. The second kappa shape index (κ2) is 5.82. The standard InChI is InChI=1S/C16H23BrN2/c1-12-8-13(9-17)10-18-16(12)19-7-6-14-4-2-3-5-15(14)11-19/h8,10,14-15H,2-7,9,11H2,1H3. The largest absolute Gasteiger partial charge is 0.356 e. The van der Waals surface area contributed by atoms with Crippen LogP contribution in [0.3, 0.4) is 0 Å². The van der Waals surface area contributed by atoms with Gasteiger partial charge in [0.1, 0.15) is 5.82 Å². The predicted octanol–water partition coefficient (Wildman–Crippen LogP) is 4.30. The Morgan fingerprint density at radius 1 is 1.26 bits per heavy atom. The van der Waals surface area contributed by atoms with Crippen molar-refractivity contribution in [3.05, 3.63) is 23.4 Å². The Morgan fingerprint density at radius 3 is 2.79 bits per heavy atom. The van der Waals surface area contributed by atoms with E-state index in [0.29, 0.717) is 0 Å². The third-order valence-electron chi connectivity index (χ3n) is 4.85. The molecular formula is C16H23BrN2. The first-order valence-electron chi connectivity index (χ1n) is 7.54. The van der Waals surface area contributed by atoms with Gasteiger partial charge in [0.15, 0.2) is 0 Å². The molecule has 2 aliphatic rings. The highest BCUT2D eigenvalue weighted by molar-refractivity contribution is 9.08. The molecule has 1 aliphatic carbocycles. The average Bonchev–Trinajstić information content (AvgIpc) is 2.46. The number of piperidine rings is 1. The summed E-state index contributed by atoms with van der Waals surface area (Å²) in [4.78, 5) is 7.23. The molecule has 0 N–H and O–H groups in total. The van der Waals surface area contributed by atoms with Gasteiger partial charge >= 0.3 is 0 Å². The van der Waals surface area contributed by atoms with Crippen molar-refractivity contribution in [2.24, 2.45) is 11.8 Å². The molecule has 1 saturated heterocycles. The van der Waals surface area contributed by atoms with Crippen molar-refractivity contribution in [1.82, 2.24) is 4.98 Å². The fourth-order valence-corrected chi connectivity index (χ4v) is 4.13. The average molecular weight is 323 g/mol. The first kappa shape index (κ1) is 13.4. The lowest BCUT2D eigenvalue weighted by Gasteiger charge is -2.42. The number of nitrogens with zero attached hydrogens (tertiary/aromatic N) is 2. The molecule has 3 rings (SSSR count). The van der Waals surface area contributed by atoms with Gasteiger partial charge in [0.05, 0.1) is 0 Å². The van der Waals surface area contributed by atoms with Crippen LogP contribution in [0.4, 0.5) is 5.82 Å². The van der Waals surface area contributed by atoms with Gasteiger partial charge < -0.3 is 4.90 Å². The number of aryl methyl sites for hydroxylation is 1. The zero-order chi connectivity index (χ0) is 13.2. The topological polar surface area (TPSA) is 16.1 Å². The Morgan fingerprint density at radius 2 is 2.05 bits per heavy atom. The number of hydrogen-bond donors (Lipinski definition) is 0. The molecule has 19 heavy (non-hydrogen) atoms. The highest BCUT2D eigenvalue weighted by Gasteiger charge is 2.31. The molecule has 0 bridgehead atoms. The van der Waals surface area contributed by atoms with Gasteiger partial charge in [-0.2, -0.15) is 0 Å². The molecule has 2 heterocycles. The Kier molecular flexibility index (Phi) is 4.11. The molecule has 2 atom stereocenters. The van der Waals surface area contributed by atoms with E-state index in [2.05, 4.69) is 33.8 Å². The van der Waals surface area contributed by atoms with E-state index in [1.807, 2.05) is 6.20 Å². The van der Waals surface area contributed by atoms with Gasteiger partial charge in [-0.15, -0.1) is 0 Å². The van der Waals surface area contributed by atoms with Gasteiger partial charge in [-0.25, -0.2) is 4.98 Å². The van der Waals surface area contributed by atoms with E-state index in [1.165, 1.54) is 62.1 Å². The number of anilines is 1. The van der Waals surface area contributed by atoms with Gasteiger partial charge in [-0.05, 0) is 42.7 Å². The molecule has 2 unspecified atom stereocenters. The number of rotatable bonds is 2. The molecule has 0 radical (unpaired) electrons. The fraction of sp³-hybridized carbons (Fsp3) is 0.688. The lowest BCUT2D eigenvalue weighted by Crippen LogP contribution is -2.42. The molecule has 0 spiro atoms. The van der Waals surface area contributed by atoms with Crippen LogP contribution in [-0.2, 0) is 5.33 Å². The number of fused-ring (bicyclic) bond motifs is 1. The van der Waals surface area contributed by atoms with Gasteiger partial charge in [-0.3, -0.25) is 0 Å². The summed E-state index contributed by atoms with van der Waals surface area (Å²) in [6, 6.07) is 2.27. The summed E-state index contributed by atoms with van der Waals surface area (Å²) in [5, 5.41) is 0.895. The van der Waals surface area contributed by atoms with Crippen LogP contribution in [0.2, 0.25) is 0 Å². The normalized spacial score (nSPS) is 27.2. The molecule has 1 saturated carbocycles. The molecule has 1 aliphatic heterocycles. The van der Waals surface area contributed by atoms with Gasteiger partial charge in [0.2, 0.25) is 0 Å². The Balaban J connectivity index is 1.75. The molecule has 1 aromatic heterocycles. The quantitative estimate of drug-likeness (QED) is 0.754. The lowest BCUT2D eigenvalue weighted by atomic mass is 9.75. The molecule has 2 fully saturated rings. The number of aromatic nitrogens is 1. The molecule has 1 aromatic rings. The molecule has 104 valence electrons. The van der Waals surface area contributed by atoms with Crippen molar-refractivity contribution >= 4 is 21.7 Å². The first-order valence-corrected chi connectivity index (χ1v) is 8.66. The van der Waals surface area contributed by atoms with Gasteiger partial charge in [0, 0.05) is 24.6 Å². The number of hydrogen-bond acceptors (Lipinski definition) is 2. The Bertz CT molecular complexity index is 446. The summed E-state index contributed by atoms with van der Waals surface area (Å²) in [6.07, 6.45) is 9.17. The maximum atomic E-state index is 4.71. The molecule has 2 nitrogen and oxygen atoms in total. The van der Waals surface area contributed by atoms with Crippen LogP contribution in [0.15, 0.2) is 12.3 Å². The second-order valence-corrected chi connectivity index (χ2v) is 6.72. The number of alkyl halides is 1. The van der Waals surface area contributed by atoms with Gasteiger partial charge in [-0.1, -0.05) is 41.3 Å². The van der Waals surface area contributed by atoms with Crippen LogP contribution >= 0.6 is 15.9 Å². The smallest absolute Gasteiger partial charge is 0.131 e. The molecule has 0 aromatic carbocycles. The number of halogens is 1. The minimum Gasteiger partial charge on any atom is -0.356 e.